The van der Waals surface area contributed by atoms with E-state index in [2.05, 4.69) is 18.9 Å². The van der Waals surface area contributed by atoms with E-state index in [0.29, 0.717) is 29.3 Å². The number of para-hydroxylation sites is 1. The Bertz CT molecular complexity index is 1160. The molecule has 0 saturated heterocycles. The third-order valence-corrected chi connectivity index (χ3v) is 4.58. The molecule has 0 radical (unpaired) electrons. The Morgan fingerprint density at radius 3 is 2.39 bits per heavy atom. The molecule has 0 saturated carbocycles. The molecule has 0 unspecified atom stereocenters. The van der Waals surface area contributed by atoms with Crippen LogP contribution in [0.4, 0.5) is 0 Å². The van der Waals surface area contributed by atoms with Crippen LogP contribution >= 0.6 is 0 Å². The molecule has 2 heterocycles. The summed E-state index contributed by atoms with van der Waals surface area (Å²) in [6.45, 7) is 4.75. The summed E-state index contributed by atoms with van der Waals surface area (Å²) in [5.41, 5.74) is 2.21. The van der Waals surface area contributed by atoms with Crippen molar-refractivity contribution in [2.24, 2.45) is 5.92 Å². The van der Waals surface area contributed by atoms with Gasteiger partial charge in [0.1, 0.15) is 17.0 Å². The summed E-state index contributed by atoms with van der Waals surface area (Å²) in [5.74, 6) is 1.70. The van der Waals surface area contributed by atoms with Crippen LogP contribution in [0.25, 0.3) is 28.1 Å². The second-order valence-electron chi connectivity index (χ2n) is 7.10. The van der Waals surface area contributed by atoms with E-state index in [1.54, 1.807) is 22.6 Å². The number of nitrogens with zero attached hydrogens (tertiary/aromatic N) is 4. The fourth-order valence-corrected chi connectivity index (χ4v) is 3.26. The summed E-state index contributed by atoms with van der Waals surface area (Å²) in [5, 5.41) is 4.95. The molecule has 0 atom stereocenters. The van der Waals surface area contributed by atoms with Gasteiger partial charge in [0.05, 0.1) is 19.0 Å². The topological polar surface area (TPSA) is 61.9 Å². The molecule has 6 heteroatoms. The van der Waals surface area contributed by atoms with Gasteiger partial charge in [0.15, 0.2) is 5.65 Å². The maximum absolute atomic E-state index is 13.3. The molecule has 28 heavy (non-hydrogen) atoms. The Balaban J connectivity index is 1.98. The van der Waals surface area contributed by atoms with E-state index in [0.717, 1.165) is 17.0 Å². The first-order valence-electron chi connectivity index (χ1n) is 9.27. The number of ether oxygens (including phenoxy) is 1. The predicted octanol–water partition coefficient (Wildman–Crippen LogP) is 3.91. The quantitative estimate of drug-likeness (QED) is 0.531. The van der Waals surface area contributed by atoms with Crippen molar-refractivity contribution in [3.05, 3.63) is 71.1 Å². The molecule has 2 aromatic carbocycles. The minimum atomic E-state index is -0.0771. The normalized spacial score (nSPS) is 11.3. The largest absolute Gasteiger partial charge is 0.497 e. The van der Waals surface area contributed by atoms with E-state index < -0.39 is 0 Å². The summed E-state index contributed by atoms with van der Waals surface area (Å²) < 4.78 is 8.71. The van der Waals surface area contributed by atoms with Crippen LogP contribution in [-0.4, -0.2) is 26.4 Å². The van der Waals surface area contributed by atoms with Crippen LogP contribution in [-0.2, 0) is 6.54 Å². The summed E-state index contributed by atoms with van der Waals surface area (Å²) in [4.78, 5) is 18.1. The number of hydrogen-bond acceptors (Lipinski definition) is 4. The third kappa shape index (κ3) is 3.17. The van der Waals surface area contributed by atoms with E-state index in [1.165, 1.54) is 0 Å². The minimum Gasteiger partial charge on any atom is -0.497 e. The van der Waals surface area contributed by atoms with Crippen LogP contribution < -0.4 is 10.3 Å². The van der Waals surface area contributed by atoms with Gasteiger partial charge < -0.3 is 4.74 Å². The van der Waals surface area contributed by atoms with Crippen molar-refractivity contribution in [3.63, 3.8) is 0 Å². The van der Waals surface area contributed by atoms with E-state index in [-0.39, 0.29) is 5.56 Å². The maximum atomic E-state index is 13.3. The van der Waals surface area contributed by atoms with Gasteiger partial charge in [-0.25, -0.2) is 9.67 Å². The molecule has 6 nitrogen and oxygen atoms in total. The van der Waals surface area contributed by atoms with Crippen LogP contribution in [0.1, 0.15) is 13.8 Å². The zero-order chi connectivity index (χ0) is 19.7. The van der Waals surface area contributed by atoms with E-state index in [1.807, 2.05) is 54.6 Å². The van der Waals surface area contributed by atoms with Crippen LogP contribution in [0.3, 0.4) is 0 Å². The standard InChI is InChI=1S/C22H22N4O2/c1-15(2)14-25-20(16-9-11-18(28-3)12-10-16)24-21-19(22(25)27)13-23-26(21)17-7-5-4-6-8-17/h4-13,15H,14H2,1-3H3. The fourth-order valence-electron chi connectivity index (χ4n) is 3.26. The van der Waals surface area contributed by atoms with Gasteiger partial charge in [0.2, 0.25) is 0 Å². The molecule has 0 aliphatic rings. The SMILES string of the molecule is COc1ccc(-c2nc3c(cnn3-c3ccccc3)c(=O)n2CC(C)C)cc1. The molecular weight excluding hydrogens is 352 g/mol. The number of aromatic nitrogens is 4. The molecule has 0 aliphatic carbocycles. The van der Waals surface area contributed by atoms with Crippen molar-refractivity contribution in [2.45, 2.75) is 20.4 Å². The minimum absolute atomic E-state index is 0.0771. The molecule has 4 aromatic rings. The van der Waals surface area contributed by atoms with Crippen LogP contribution in [0, 0.1) is 5.92 Å². The van der Waals surface area contributed by atoms with Gasteiger partial charge in [0, 0.05) is 12.1 Å². The molecule has 0 amide bonds. The number of benzene rings is 2. The fraction of sp³-hybridized carbons (Fsp3) is 0.227. The van der Waals surface area contributed by atoms with Gasteiger partial charge in [-0.1, -0.05) is 32.0 Å². The second-order valence-corrected chi connectivity index (χ2v) is 7.10. The lowest BCUT2D eigenvalue weighted by atomic mass is 10.1. The van der Waals surface area contributed by atoms with E-state index >= 15 is 0 Å². The average molecular weight is 374 g/mol. The van der Waals surface area contributed by atoms with Crippen molar-refractivity contribution in [1.82, 2.24) is 19.3 Å². The zero-order valence-corrected chi connectivity index (χ0v) is 16.2. The Labute approximate surface area is 163 Å². The molecule has 0 bridgehead atoms. The first-order valence-corrected chi connectivity index (χ1v) is 9.27. The Kier molecular flexibility index (Phi) is 4.69. The van der Waals surface area contributed by atoms with Crippen LogP contribution in [0.2, 0.25) is 0 Å². The first-order chi connectivity index (χ1) is 13.6. The zero-order valence-electron chi connectivity index (χ0n) is 16.2. The number of methoxy groups -OCH3 is 1. The molecule has 2 aromatic heterocycles. The number of rotatable bonds is 5. The number of fused-ring (bicyclic) bond motifs is 1. The highest BCUT2D eigenvalue weighted by Crippen LogP contribution is 2.23. The molecule has 0 aliphatic heterocycles. The highest BCUT2D eigenvalue weighted by molar-refractivity contribution is 5.78. The van der Waals surface area contributed by atoms with Gasteiger partial charge in [-0.15, -0.1) is 0 Å². The highest BCUT2D eigenvalue weighted by atomic mass is 16.5. The molecule has 4 rings (SSSR count). The third-order valence-electron chi connectivity index (χ3n) is 4.58. The monoisotopic (exact) mass is 374 g/mol. The molecule has 142 valence electrons. The molecule has 0 fully saturated rings. The summed E-state index contributed by atoms with van der Waals surface area (Å²) in [6.07, 6.45) is 1.60. The lowest BCUT2D eigenvalue weighted by Crippen LogP contribution is -2.25. The van der Waals surface area contributed by atoms with Crippen LogP contribution in [0.5, 0.6) is 5.75 Å². The van der Waals surface area contributed by atoms with Gasteiger partial charge in [-0.3, -0.25) is 9.36 Å². The number of hydrogen-bond donors (Lipinski definition) is 0. The lowest BCUT2D eigenvalue weighted by Gasteiger charge is -2.15. The van der Waals surface area contributed by atoms with Crippen molar-refractivity contribution < 1.29 is 4.74 Å². The van der Waals surface area contributed by atoms with Crippen molar-refractivity contribution in [3.8, 4) is 22.8 Å². The van der Waals surface area contributed by atoms with Crippen molar-refractivity contribution >= 4 is 11.0 Å². The summed E-state index contributed by atoms with van der Waals surface area (Å²) in [6, 6.07) is 17.3. The smallest absolute Gasteiger partial charge is 0.264 e. The summed E-state index contributed by atoms with van der Waals surface area (Å²) in [7, 11) is 1.63. The predicted molar refractivity (Wildman–Crippen MR) is 110 cm³/mol. The van der Waals surface area contributed by atoms with E-state index in [9.17, 15) is 4.79 Å². The highest BCUT2D eigenvalue weighted by Gasteiger charge is 2.18. The van der Waals surface area contributed by atoms with Gasteiger partial charge in [-0.05, 0) is 42.3 Å². The summed E-state index contributed by atoms with van der Waals surface area (Å²) >= 11 is 0. The Hall–Kier alpha value is -3.41. The maximum Gasteiger partial charge on any atom is 0.264 e. The second kappa shape index (κ2) is 7.31. The molecular formula is C22H22N4O2. The van der Waals surface area contributed by atoms with Crippen molar-refractivity contribution in [1.29, 1.82) is 0 Å². The van der Waals surface area contributed by atoms with Gasteiger partial charge in [0.25, 0.3) is 5.56 Å². The van der Waals surface area contributed by atoms with Gasteiger partial charge >= 0.3 is 0 Å². The average Bonchev–Trinajstić information content (AvgIpc) is 3.15. The molecule has 0 spiro atoms. The lowest BCUT2D eigenvalue weighted by molar-refractivity contribution is 0.415. The van der Waals surface area contributed by atoms with Crippen molar-refractivity contribution in [2.75, 3.05) is 7.11 Å². The first kappa shape index (κ1) is 18.0. The Morgan fingerprint density at radius 1 is 1.04 bits per heavy atom. The molecule has 0 N–H and O–H groups in total. The van der Waals surface area contributed by atoms with Gasteiger partial charge in [-0.2, -0.15) is 5.10 Å². The van der Waals surface area contributed by atoms with Crippen LogP contribution in [0.15, 0.2) is 65.6 Å². The van der Waals surface area contributed by atoms with E-state index in [4.69, 9.17) is 9.72 Å². The Morgan fingerprint density at radius 2 is 1.75 bits per heavy atom.